The van der Waals surface area contributed by atoms with Crippen molar-refractivity contribution in [3.8, 4) is 0 Å². The summed E-state index contributed by atoms with van der Waals surface area (Å²) in [6.07, 6.45) is 1.83. The Kier molecular flexibility index (Phi) is 5.43. The third-order valence-electron chi connectivity index (χ3n) is 4.04. The molecule has 2 amide bonds. The summed E-state index contributed by atoms with van der Waals surface area (Å²) in [5.41, 5.74) is 0.688. The first-order chi connectivity index (χ1) is 12.1. The van der Waals surface area contributed by atoms with Crippen molar-refractivity contribution in [1.82, 2.24) is 10.2 Å². The first-order valence-corrected chi connectivity index (χ1v) is 9.13. The van der Waals surface area contributed by atoms with E-state index in [9.17, 15) is 14.0 Å². The van der Waals surface area contributed by atoms with Crippen LogP contribution in [0.15, 0.2) is 47.1 Å². The molecular formula is C18H19FN2O3S. The summed E-state index contributed by atoms with van der Waals surface area (Å²) in [7, 11) is 0. The number of halogens is 1. The lowest BCUT2D eigenvalue weighted by Gasteiger charge is -2.28. The Morgan fingerprint density at radius 3 is 2.88 bits per heavy atom. The van der Waals surface area contributed by atoms with Gasteiger partial charge in [0, 0.05) is 12.2 Å². The minimum Gasteiger partial charge on any atom is -0.467 e. The molecule has 1 aromatic heterocycles. The van der Waals surface area contributed by atoms with Gasteiger partial charge in [-0.1, -0.05) is 19.1 Å². The molecule has 1 aromatic carbocycles. The summed E-state index contributed by atoms with van der Waals surface area (Å²) < 4.78 is 18.8. The van der Waals surface area contributed by atoms with E-state index >= 15 is 0 Å². The molecule has 3 rings (SSSR count). The van der Waals surface area contributed by atoms with E-state index in [0.29, 0.717) is 17.1 Å². The highest BCUT2D eigenvalue weighted by atomic mass is 32.2. The van der Waals surface area contributed by atoms with Crippen molar-refractivity contribution in [2.75, 3.05) is 5.75 Å². The van der Waals surface area contributed by atoms with Crippen LogP contribution >= 0.6 is 11.8 Å². The van der Waals surface area contributed by atoms with Gasteiger partial charge >= 0.3 is 0 Å². The maximum Gasteiger partial charge on any atom is 0.244 e. The van der Waals surface area contributed by atoms with Gasteiger partial charge < -0.3 is 14.6 Å². The van der Waals surface area contributed by atoms with E-state index in [1.54, 1.807) is 42.4 Å². The van der Waals surface area contributed by atoms with Gasteiger partial charge in [-0.25, -0.2) is 4.39 Å². The SMILES string of the molecule is CCC(=O)N1C(C(=O)NCc2ccco2)CSC1c1cccc(F)c1. The highest BCUT2D eigenvalue weighted by Crippen LogP contribution is 2.41. The molecule has 0 radical (unpaired) electrons. The standard InChI is InChI=1S/C18H19FN2O3S/c1-2-16(22)21-15(17(23)20-10-14-7-4-8-24-14)11-25-18(21)12-5-3-6-13(19)9-12/h3-9,15,18H,2,10-11H2,1H3,(H,20,23). The lowest BCUT2D eigenvalue weighted by atomic mass is 10.1. The molecule has 0 bridgehead atoms. The van der Waals surface area contributed by atoms with E-state index < -0.39 is 6.04 Å². The number of rotatable bonds is 5. The number of benzene rings is 1. The van der Waals surface area contributed by atoms with Crippen LogP contribution in [0, 0.1) is 5.82 Å². The number of hydrogen-bond acceptors (Lipinski definition) is 4. The maximum absolute atomic E-state index is 13.6. The first-order valence-electron chi connectivity index (χ1n) is 8.08. The number of hydrogen-bond donors (Lipinski definition) is 1. The molecule has 7 heteroatoms. The average molecular weight is 362 g/mol. The smallest absolute Gasteiger partial charge is 0.244 e. The van der Waals surface area contributed by atoms with Gasteiger partial charge in [-0.3, -0.25) is 9.59 Å². The zero-order valence-corrected chi connectivity index (χ0v) is 14.6. The monoisotopic (exact) mass is 362 g/mol. The van der Waals surface area contributed by atoms with Gasteiger partial charge in [0.15, 0.2) is 0 Å². The average Bonchev–Trinajstić information content (AvgIpc) is 3.28. The second-order valence-corrected chi connectivity index (χ2v) is 6.82. The summed E-state index contributed by atoms with van der Waals surface area (Å²) in [5, 5.41) is 2.45. The number of nitrogens with zero attached hydrogens (tertiary/aromatic N) is 1. The molecule has 2 aromatic rings. The van der Waals surface area contributed by atoms with Gasteiger partial charge in [0.05, 0.1) is 12.8 Å². The fourth-order valence-corrected chi connectivity index (χ4v) is 4.26. The Bertz CT molecular complexity index is 751. The molecule has 25 heavy (non-hydrogen) atoms. The van der Waals surface area contributed by atoms with Crippen molar-refractivity contribution in [2.45, 2.75) is 31.3 Å². The van der Waals surface area contributed by atoms with Gasteiger partial charge in [0.1, 0.15) is 23.0 Å². The highest BCUT2D eigenvalue weighted by molar-refractivity contribution is 7.99. The third-order valence-corrected chi connectivity index (χ3v) is 5.37. The molecule has 1 fully saturated rings. The Labute approximate surface area is 149 Å². The molecule has 1 aliphatic rings. The minimum absolute atomic E-state index is 0.127. The van der Waals surface area contributed by atoms with E-state index in [-0.39, 0.29) is 36.0 Å². The Morgan fingerprint density at radius 1 is 1.36 bits per heavy atom. The van der Waals surface area contributed by atoms with Crippen LogP contribution in [-0.2, 0) is 16.1 Å². The highest BCUT2D eigenvalue weighted by Gasteiger charge is 2.41. The summed E-state index contributed by atoms with van der Waals surface area (Å²) in [4.78, 5) is 26.6. The van der Waals surface area contributed by atoms with E-state index in [1.165, 1.54) is 23.9 Å². The Hall–Kier alpha value is -2.28. The first kappa shape index (κ1) is 17.5. The summed E-state index contributed by atoms with van der Waals surface area (Å²) in [6.45, 7) is 2.03. The summed E-state index contributed by atoms with van der Waals surface area (Å²) in [6, 6.07) is 9.11. The van der Waals surface area contributed by atoms with Crippen LogP contribution in [0.25, 0.3) is 0 Å². The maximum atomic E-state index is 13.6. The van der Waals surface area contributed by atoms with Crippen LogP contribution in [0.2, 0.25) is 0 Å². The molecule has 0 aliphatic carbocycles. The summed E-state index contributed by atoms with van der Waals surface area (Å²) in [5.74, 6) is 0.403. The number of carbonyl (C=O) groups is 2. The normalized spacial score (nSPS) is 19.8. The fourth-order valence-electron chi connectivity index (χ4n) is 2.82. The Morgan fingerprint density at radius 2 is 2.20 bits per heavy atom. The number of carbonyl (C=O) groups excluding carboxylic acids is 2. The van der Waals surface area contributed by atoms with Crippen molar-refractivity contribution >= 4 is 23.6 Å². The molecular weight excluding hydrogens is 343 g/mol. The van der Waals surface area contributed by atoms with Crippen molar-refractivity contribution in [3.63, 3.8) is 0 Å². The zero-order chi connectivity index (χ0) is 17.8. The van der Waals surface area contributed by atoms with Crippen molar-refractivity contribution in [2.24, 2.45) is 0 Å². The second-order valence-electron chi connectivity index (χ2n) is 5.71. The number of thioether (sulfide) groups is 1. The van der Waals surface area contributed by atoms with E-state index in [1.807, 2.05) is 0 Å². The number of furan rings is 1. The van der Waals surface area contributed by atoms with Crippen molar-refractivity contribution < 1.29 is 18.4 Å². The molecule has 5 nitrogen and oxygen atoms in total. The summed E-state index contributed by atoms with van der Waals surface area (Å²) >= 11 is 1.47. The Balaban J connectivity index is 1.76. The minimum atomic E-state index is -0.583. The predicted octanol–water partition coefficient (Wildman–Crippen LogP) is 3.09. The lowest BCUT2D eigenvalue weighted by Crippen LogP contribution is -2.47. The zero-order valence-electron chi connectivity index (χ0n) is 13.8. The molecule has 0 spiro atoms. The molecule has 132 valence electrons. The van der Waals surface area contributed by atoms with Crippen molar-refractivity contribution in [1.29, 1.82) is 0 Å². The van der Waals surface area contributed by atoms with E-state index in [4.69, 9.17) is 4.42 Å². The molecule has 2 atom stereocenters. The quantitative estimate of drug-likeness (QED) is 0.888. The van der Waals surface area contributed by atoms with Gasteiger partial charge in [0.25, 0.3) is 0 Å². The lowest BCUT2D eigenvalue weighted by molar-refractivity contribution is -0.139. The molecule has 1 aliphatic heterocycles. The molecule has 1 N–H and O–H groups in total. The second kappa shape index (κ2) is 7.74. The van der Waals surface area contributed by atoms with Gasteiger partial charge in [0.2, 0.25) is 11.8 Å². The number of amides is 2. The van der Waals surface area contributed by atoms with Crippen LogP contribution in [0.1, 0.15) is 30.0 Å². The number of nitrogens with one attached hydrogen (secondary N) is 1. The topological polar surface area (TPSA) is 62.6 Å². The van der Waals surface area contributed by atoms with E-state index in [2.05, 4.69) is 5.32 Å². The van der Waals surface area contributed by atoms with Crippen LogP contribution in [0.5, 0.6) is 0 Å². The van der Waals surface area contributed by atoms with Crippen LogP contribution in [-0.4, -0.2) is 28.5 Å². The van der Waals surface area contributed by atoms with Crippen LogP contribution in [0.3, 0.4) is 0 Å². The van der Waals surface area contributed by atoms with Gasteiger partial charge in [-0.05, 0) is 29.8 Å². The third kappa shape index (κ3) is 3.87. The van der Waals surface area contributed by atoms with Gasteiger partial charge in [-0.2, -0.15) is 0 Å². The van der Waals surface area contributed by atoms with Gasteiger partial charge in [-0.15, -0.1) is 11.8 Å². The largest absolute Gasteiger partial charge is 0.467 e. The molecule has 2 heterocycles. The molecule has 0 saturated carbocycles. The predicted molar refractivity (Wildman–Crippen MR) is 93.1 cm³/mol. The molecule has 1 saturated heterocycles. The fraction of sp³-hybridized carbons (Fsp3) is 0.333. The van der Waals surface area contributed by atoms with Crippen LogP contribution < -0.4 is 5.32 Å². The van der Waals surface area contributed by atoms with Crippen LogP contribution in [0.4, 0.5) is 4.39 Å². The van der Waals surface area contributed by atoms with Crippen molar-refractivity contribution in [3.05, 3.63) is 59.8 Å². The molecule has 2 unspecified atom stereocenters. The van der Waals surface area contributed by atoms with E-state index in [0.717, 1.165) is 0 Å².